The molecule has 41 heavy (non-hydrogen) atoms. The summed E-state index contributed by atoms with van der Waals surface area (Å²) in [7, 11) is 0. The number of nitrogens with zero attached hydrogens (tertiary/aromatic N) is 4. The number of piperidine rings is 2. The van der Waals surface area contributed by atoms with E-state index >= 15 is 0 Å². The van der Waals surface area contributed by atoms with Crippen LogP contribution in [0.5, 0.6) is 0 Å². The van der Waals surface area contributed by atoms with Crippen molar-refractivity contribution in [3.05, 3.63) is 40.9 Å². The zero-order valence-electron chi connectivity index (χ0n) is 22.7. The lowest BCUT2D eigenvalue weighted by Crippen LogP contribution is -2.45. The predicted octanol–water partition coefficient (Wildman–Crippen LogP) is 5.67. The smallest absolute Gasteiger partial charge is 0.475 e. The standard InChI is InChI=1S/C25H33ClN4O2S2.C2HF3O2/c1-19(31)29-15-6-20(7-16-29)24(32)30(22-5-2-4-21(26)18-22)12-3-11-28-13-8-23(9-14-28)34-25-27-10-17-33-25;3-2(4,5)1(6)7/h2,4-5,10,17-18,20,23H,3,6-9,11-16H2,1H3;(H,6,7). The Kier molecular flexibility index (Phi) is 12.7. The summed E-state index contributed by atoms with van der Waals surface area (Å²) in [6, 6.07) is 7.59. The molecule has 2 amide bonds. The van der Waals surface area contributed by atoms with Gasteiger partial charge in [0.15, 0.2) is 0 Å². The highest BCUT2D eigenvalue weighted by molar-refractivity contribution is 8.01. The number of aliphatic carboxylic acids is 1. The van der Waals surface area contributed by atoms with Crippen LogP contribution in [0.15, 0.2) is 40.2 Å². The molecule has 2 fully saturated rings. The molecule has 2 aliphatic heterocycles. The zero-order valence-corrected chi connectivity index (χ0v) is 25.1. The first kappa shape index (κ1) is 33.2. The summed E-state index contributed by atoms with van der Waals surface area (Å²) >= 11 is 9.89. The molecule has 0 spiro atoms. The second kappa shape index (κ2) is 15.8. The highest BCUT2D eigenvalue weighted by atomic mass is 35.5. The van der Waals surface area contributed by atoms with Gasteiger partial charge in [-0.2, -0.15) is 13.2 Å². The number of anilines is 1. The van der Waals surface area contributed by atoms with Crippen LogP contribution in [0.2, 0.25) is 5.02 Å². The number of amides is 2. The van der Waals surface area contributed by atoms with Gasteiger partial charge >= 0.3 is 12.1 Å². The van der Waals surface area contributed by atoms with Gasteiger partial charge in [0.2, 0.25) is 11.8 Å². The number of thiazole rings is 1. The Balaban J connectivity index is 0.000000587. The molecule has 2 saturated heterocycles. The highest BCUT2D eigenvalue weighted by Gasteiger charge is 2.38. The minimum Gasteiger partial charge on any atom is -0.475 e. The number of benzene rings is 1. The van der Waals surface area contributed by atoms with Crippen LogP contribution in [0, 0.1) is 5.92 Å². The number of carboxylic acids is 1. The molecule has 1 aromatic heterocycles. The van der Waals surface area contributed by atoms with Crippen LogP contribution in [0.3, 0.4) is 0 Å². The number of carbonyl (C=O) groups is 3. The Morgan fingerprint density at radius 3 is 2.34 bits per heavy atom. The van der Waals surface area contributed by atoms with E-state index in [1.165, 1.54) is 17.2 Å². The van der Waals surface area contributed by atoms with Gasteiger partial charge in [-0.25, -0.2) is 9.78 Å². The Bertz CT molecular complexity index is 1140. The second-order valence-corrected chi connectivity index (χ2v) is 12.7. The van der Waals surface area contributed by atoms with Crippen molar-refractivity contribution in [1.82, 2.24) is 14.8 Å². The van der Waals surface area contributed by atoms with Crippen molar-refractivity contribution < 1.29 is 32.7 Å². The van der Waals surface area contributed by atoms with Crippen LogP contribution in [0.1, 0.15) is 39.0 Å². The fourth-order valence-electron chi connectivity index (χ4n) is 4.79. The maximum atomic E-state index is 13.5. The lowest BCUT2D eigenvalue weighted by atomic mass is 9.94. The van der Waals surface area contributed by atoms with Gasteiger partial charge in [0, 0.05) is 60.0 Å². The Hall–Kier alpha value is -2.35. The van der Waals surface area contributed by atoms with E-state index in [0.717, 1.165) is 44.6 Å². The maximum Gasteiger partial charge on any atom is 0.490 e. The molecule has 2 aromatic rings. The second-order valence-electron chi connectivity index (χ2n) is 9.86. The lowest BCUT2D eigenvalue weighted by Gasteiger charge is -2.35. The summed E-state index contributed by atoms with van der Waals surface area (Å²) in [6.07, 6.45) is 1.52. The van der Waals surface area contributed by atoms with Gasteiger partial charge in [-0.15, -0.1) is 11.3 Å². The van der Waals surface area contributed by atoms with Crippen molar-refractivity contribution in [1.29, 1.82) is 0 Å². The average Bonchev–Trinajstić information content (AvgIpc) is 3.45. The van der Waals surface area contributed by atoms with E-state index in [9.17, 15) is 22.8 Å². The number of aromatic nitrogens is 1. The molecule has 0 saturated carbocycles. The van der Waals surface area contributed by atoms with Gasteiger partial charge in [-0.05, 0) is 69.9 Å². The number of alkyl halides is 3. The van der Waals surface area contributed by atoms with Gasteiger partial charge in [0.05, 0.1) is 0 Å². The van der Waals surface area contributed by atoms with E-state index in [0.29, 0.717) is 29.9 Å². The zero-order chi connectivity index (χ0) is 30.0. The summed E-state index contributed by atoms with van der Waals surface area (Å²) in [5, 5.41) is 10.5. The first-order valence-corrected chi connectivity index (χ1v) is 15.5. The molecule has 0 radical (unpaired) electrons. The Morgan fingerprint density at radius 1 is 1.15 bits per heavy atom. The Labute approximate surface area is 250 Å². The number of hydrogen-bond donors (Lipinski definition) is 1. The molecule has 1 N–H and O–H groups in total. The van der Waals surface area contributed by atoms with Gasteiger partial charge in [0.1, 0.15) is 4.34 Å². The van der Waals surface area contributed by atoms with Crippen molar-refractivity contribution >= 4 is 58.2 Å². The Morgan fingerprint density at radius 2 is 1.80 bits per heavy atom. The third-order valence-corrected chi connectivity index (χ3v) is 9.47. The molecule has 3 heterocycles. The monoisotopic (exact) mass is 634 g/mol. The molecule has 4 rings (SSSR count). The molecule has 0 atom stereocenters. The number of carbonyl (C=O) groups excluding carboxylic acids is 2. The van der Waals surface area contributed by atoms with E-state index in [2.05, 4.69) is 9.88 Å². The number of carboxylic acid groups (broad SMARTS) is 1. The van der Waals surface area contributed by atoms with Crippen molar-refractivity contribution in [3.63, 3.8) is 0 Å². The minimum atomic E-state index is -5.08. The topological polar surface area (TPSA) is 94.1 Å². The van der Waals surface area contributed by atoms with E-state index in [1.54, 1.807) is 18.3 Å². The molecule has 0 aliphatic carbocycles. The summed E-state index contributed by atoms with van der Waals surface area (Å²) in [6.45, 7) is 6.77. The number of thioether (sulfide) groups is 1. The SMILES string of the molecule is CC(=O)N1CCC(C(=O)N(CCCN2CCC(Sc3nccs3)CC2)c2cccc(Cl)c2)CC1.O=C(O)C(F)(F)F. The average molecular weight is 635 g/mol. The van der Waals surface area contributed by atoms with Crippen molar-refractivity contribution in [2.45, 2.75) is 54.8 Å². The van der Waals surface area contributed by atoms with Crippen molar-refractivity contribution in [3.8, 4) is 0 Å². The highest BCUT2D eigenvalue weighted by Crippen LogP contribution is 2.32. The van der Waals surface area contributed by atoms with Crippen LogP contribution < -0.4 is 4.90 Å². The van der Waals surface area contributed by atoms with E-state index < -0.39 is 12.1 Å². The third-order valence-electron chi connectivity index (χ3n) is 6.99. The van der Waals surface area contributed by atoms with Crippen LogP contribution in [0.4, 0.5) is 18.9 Å². The molecular weight excluding hydrogens is 601 g/mol. The molecule has 0 bridgehead atoms. The quantitative estimate of drug-likeness (QED) is 0.400. The first-order valence-electron chi connectivity index (χ1n) is 13.3. The summed E-state index contributed by atoms with van der Waals surface area (Å²) < 4.78 is 32.9. The van der Waals surface area contributed by atoms with E-state index in [4.69, 9.17) is 21.5 Å². The number of hydrogen-bond acceptors (Lipinski definition) is 7. The molecule has 0 unspecified atom stereocenters. The number of likely N-dealkylation sites (tertiary alicyclic amines) is 2. The normalized spacial score (nSPS) is 17.0. The maximum absolute atomic E-state index is 13.5. The molecule has 14 heteroatoms. The van der Waals surface area contributed by atoms with Gasteiger partial charge in [-0.1, -0.05) is 29.4 Å². The van der Waals surface area contributed by atoms with Crippen LogP contribution in [-0.2, 0) is 14.4 Å². The van der Waals surface area contributed by atoms with Gasteiger partial charge in [0.25, 0.3) is 0 Å². The molecule has 2 aliphatic rings. The molecular formula is C27H34ClF3N4O4S2. The molecule has 226 valence electrons. The minimum absolute atomic E-state index is 0.0480. The van der Waals surface area contributed by atoms with Crippen molar-refractivity contribution in [2.75, 3.05) is 44.2 Å². The number of halogens is 4. The predicted molar refractivity (Wildman–Crippen MR) is 155 cm³/mol. The van der Waals surface area contributed by atoms with Crippen LogP contribution in [0.25, 0.3) is 0 Å². The number of rotatable bonds is 8. The van der Waals surface area contributed by atoms with Gasteiger partial charge < -0.3 is 19.8 Å². The summed E-state index contributed by atoms with van der Waals surface area (Å²) in [5.74, 6) is -2.56. The lowest BCUT2D eigenvalue weighted by molar-refractivity contribution is -0.192. The first-order chi connectivity index (χ1) is 19.4. The fourth-order valence-corrected chi connectivity index (χ4v) is 6.98. The fraction of sp³-hybridized carbons (Fsp3) is 0.556. The molecule has 1 aromatic carbocycles. The van der Waals surface area contributed by atoms with Crippen molar-refractivity contribution in [2.24, 2.45) is 5.92 Å². The van der Waals surface area contributed by atoms with Crippen LogP contribution in [-0.4, -0.2) is 88.4 Å². The molecule has 8 nitrogen and oxygen atoms in total. The van der Waals surface area contributed by atoms with E-state index in [-0.39, 0.29) is 17.7 Å². The van der Waals surface area contributed by atoms with Crippen LogP contribution >= 0.6 is 34.7 Å². The van der Waals surface area contributed by atoms with Gasteiger partial charge in [-0.3, -0.25) is 9.59 Å². The largest absolute Gasteiger partial charge is 0.490 e. The van der Waals surface area contributed by atoms with E-state index in [1.807, 2.05) is 57.4 Å². The third kappa shape index (κ3) is 10.8. The summed E-state index contributed by atoms with van der Waals surface area (Å²) in [4.78, 5) is 44.8. The summed E-state index contributed by atoms with van der Waals surface area (Å²) in [5.41, 5.74) is 0.866.